The van der Waals surface area contributed by atoms with Crippen LogP contribution in [0, 0.1) is 20.8 Å². The third-order valence-electron chi connectivity index (χ3n) is 4.98. The number of hydrogen-bond acceptors (Lipinski definition) is 7. The Kier molecular flexibility index (Phi) is 6.69. The van der Waals surface area contributed by atoms with Crippen molar-refractivity contribution in [2.24, 2.45) is 5.73 Å². The summed E-state index contributed by atoms with van der Waals surface area (Å²) in [5.74, 6) is -0.568. The van der Waals surface area contributed by atoms with Crippen LogP contribution in [0.1, 0.15) is 43.5 Å². The number of carbonyl (C=O) groups is 2. The molecule has 0 fully saturated rings. The summed E-state index contributed by atoms with van der Waals surface area (Å²) in [6.07, 6.45) is 0. The number of hydrogen-bond donors (Lipinski definition) is 2. The molecule has 0 saturated carbocycles. The Bertz CT molecular complexity index is 1330. The van der Waals surface area contributed by atoms with E-state index in [1.54, 1.807) is 28.9 Å². The molecule has 4 rings (SSSR count). The Morgan fingerprint density at radius 1 is 0.971 bits per heavy atom. The second kappa shape index (κ2) is 9.84. The normalized spacial score (nSPS) is 10.8. The highest BCUT2D eigenvalue weighted by Crippen LogP contribution is 2.24. The van der Waals surface area contributed by atoms with Gasteiger partial charge in [0.25, 0.3) is 5.91 Å². The molecule has 0 atom stereocenters. The molecule has 3 N–H and O–H groups in total. The first-order valence-corrected chi connectivity index (χ1v) is 11.5. The van der Waals surface area contributed by atoms with Gasteiger partial charge in [-0.3, -0.25) is 9.59 Å². The van der Waals surface area contributed by atoms with Crippen molar-refractivity contribution in [2.75, 3.05) is 5.32 Å². The van der Waals surface area contributed by atoms with Crippen LogP contribution in [0.2, 0.25) is 0 Å². The molecule has 0 aliphatic carbocycles. The molecular weight excluding hydrogens is 450 g/mol. The van der Waals surface area contributed by atoms with E-state index in [0.29, 0.717) is 27.9 Å². The van der Waals surface area contributed by atoms with Crippen LogP contribution in [0.15, 0.2) is 59.8 Å². The number of thioether (sulfide) groups is 1. The molecule has 2 aromatic carbocycles. The van der Waals surface area contributed by atoms with Crippen molar-refractivity contribution in [2.45, 2.75) is 31.7 Å². The van der Waals surface area contributed by atoms with Gasteiger partial charge < -0.3 is 11.1 Å². The predicted molar refractivity (Wildman–Crippen MR) is 130 cm³/mol. The minimum Gasteiger partial charge on any atom is -0.366 e. The zero-order valence-corrected chi connectivity index (χ0v) is 19.8. The van der Waals surface area contributed by atoms with Crippen LogP contribution >= 0.6 is 11.8 Å². The molecule has 172 valence electrons. The number of nitrogens with zero attached hydrogens (tertiary/aromatic N) is 5. The molecule has 0 radical (unpaired) electrons. The molecule has 2 heterocycles. The quantitative estimate of drug-likeness (QED) is 0.310. The number of primary amides is 1. The van der Waals surface area contributed by atoms with Crippen LogP contribution in [0.5, 0.6) is 0 Å². The molecule has 0 bridgehead atoms. The molecule has 9 nitrogen and oxygen atoms in total. The van der Waals surface area contributed by atoms with Crippen LogP contribution < -0.4 is 11.1 Å². The summed E-state index contributed by atoms with van der Waals surface area (Å²) in [6, 6.07) is 16.0. The first-order chi connectivity index (χ1) is 16.3. The first kappa shape index (κ1) is 23.1. The van der Waals surface area contributed by atoms with Crippen molar-refractivity contribution in [1.82, 2.24) is 25.0 Å². The second-order valence-electron chi connectivity index (χ2n) is 7.75. The monoisotopic (exact) mass is 473 g/mol. The number of benzene rings is 2. The molecule has 10 heteroatoms. The lowest BCUT2D eigenvalue weighted by molar-refractivity contribution is 0.0997. The van der Waals surface area contributed by atoms with E-state index in [1.165, 1.54) is 11.8 Å². The zero-order chi connectivity index (χ0) is 24.2. The van der Waals surface area contributed by atoms with E-state index in [1.807, 2.05) is 51.1 Å². The Balaban J connectivity index is 1.64. The highest BCUT2D eigenvalue weighted by Gasteiger charge is 2.22. The fourth-order valence-corrected chi connectivity index (χ4v) is 4.24. The lowest BCUT2D eigenvalue weighted by Crippen LogP contribution is -2.16. The van der Waals surface area contributed by atoms with Crippen LogP contribution in [0.25, 0.3) is 5.69 Å². The summed E-state index contributed by atoms with van der Waals surface area (Å²) in [4.78, 5) is 33.4. The van der Waals surface area contributed by atoms with E-state index in [9.17, 15) is 9.59 Å². The van der Waals surface area contributed by atoms with Crippen LogP contribution in [-0.4, -0.2) is 36.8 Å². The molecule has 2 amide bonds. The molecule has 0 aliphatic rings. The van der Waals surface area contributed by atoms with E-state index in [-0.39, 0.29) is 5.69 Å². The van der Waals surface area contributed by atoms with E-state index in [2.05, 4.69) is 25.6 Å². The smallest absolute Gasteiger partial charge is 0.278 e. The zero-order valence-electron chi connectivity index (χ0n) is 18.9. The van der Waals surface area contributed by atoms with Gasteiger partial charge in [-0.25, -0.2) is 14.6 Å². The summed E-state index contributed by atoms with van der Waals surface area (Å²) in [6.45, 7) is 5.83. The van der Waals surface area contributed by atoms with Crippen molar-refractivity contribution in [3.8, 4) is 5.69 Å². The summed E-state index contributed by atoms with van der Waals surface area (Å²) in [5, 5.41) is 11.9. The number of rotatable bonds is 7. The minimum atomic E-state index is -0.535. The Hall–Kier alpha value is -4.05. The lowest BCUT2D eigenvalue weighted by Gasteiger charge is -2.09. The van der Waals surface area contributed by atoms with Gasteiger partial charge in [0.2, 0.25) is 5.91 Å². The number of carbonyl (C=O) groups excluding carboxylic acids is 2. The fourth-order valence-electron chi connectivity index (χ4n) is 3.30. The number of nitrogens with two attached hydrogens (primary N) is 1. The van der Waals surface area contributed by atoms with Gasteiger partial charge in [0.05, 0.1) is 11.4 Å². The number of nitrogens with one attached hydrogen (secondary N) is 1. The van der Waals surface area contributed by atoms with Gasteiger partial charge in [-0.2, -0.15) is 0 Å². The number of aromatic nitrogens is 5. The number of anilines is 1. The van der Waals surface area contributed by atoms with Gasteiger partial charge in [0, 0.05) is 28.4 Å². The summed E-state index contributed by atoms with van der Waals surface area (Å²) >= 11 is 1.41. The number of aryl methyl sites for hydroxylation is 3. The van der Waals surface area contributed by atoms with Crippen LogP contribution in [0.3, 0.4) is 0 Å². The highest BCUT2D eigenvalue weighted by molar-refractivity contribution is 7.98. The molecular formula is C24H23N7O2S. The Morgan fingerprint density at radius 2 is 1.62 bits per heavy atom. The maximum Gasteiger partial charge on any atom is 0.278 e. The largest absolute Gasteiger partial charge is 0.366 e. The van der Waals surface area contributed by atoms with Crippen molar-refractivity contribution >= 4 is 29.3 Å². The molecule has 0 unspecified atom stereocenters. The predicted octanol–water partition coefficient (Wildman–Crippen LogP) is 3.63. The summed E-state index contributed by atoms with van der Waals surface area (Å²) in [5.41, 5.74) is 10.6. The van der Waals surface area contributed by atoms with Gasteiger partial charge in [-0.05, 0) is 63.2 Å². The molecule has 34 heavy (non-hydrogen) atoms. The maximum absolute atomic E-state index is 13.1. The van der Waals surface area contributed by atoms with Gasteiger partial charge in [0.15, 0.2) is 10.9 Å². The van der Waals surface area contributed by atoms with Crippen LogP contribution in [0.4, 0.5) is 5.69 Å². The average Bonchev–Trinajstić information content (AvgIpc) is 3.22. The van der Waals surface area contributed by atoms with E-state index < -0.39 is 11.8 Å². The SMILES string of the molecule is Cc1ccc(-n2nnc(C(=O)Nc3ccc(C(N)=O)cc3)c2CSc2nc(C)cc(C)n2)cc1. The summed E-state index contributed by atoms with van der Waals surface area (Å²) < 4.78 is 1.65. The minimum absolute atomic E-state index is 0.191. The highest BCUT2D eigenvalue weighted by atomic mass is 32.2. The van der Waals surface area contributed by atoms with Crippen molar-refractivity contribution in [3.05, 3.63) is 88.5 Å². The fraction of sp³-hybridized carbons (Fsp3) is 0.167. The molecule has 2 aromatic heterocycles. The Labute approximate surface area is 200 Å². The summed E-state index contributed by atoms with van der Waals surface area (Å²) in [7, 11) is 0. The molecule has 4 aromatic rings. The molecule has 0 aliphatic heterocycles. The third kappa shape index (κ3) is 5.29. The van der Waals surface area contributed by atoms with E-state index in [4.69, 9.17) is 5.73 Å². The average molecular weight is 474 g/mol. The standard InChI is InChI=1S/C24H23N7O2S/c1-14-4-10-19(11-5-14)31-20(13-34-24-26-15(2)12-16(3)27-24)21(29-30-31)23(33)28-18-8-6-17(7-9-18)22(25)32/h4-12H,13H2,1-3H3,(H2,25,32)(H,28,33). The third-order valence-corrected chi connectivity index (χ3v) is 5.84. The lowest BCUT2D eigenvalue weighted by atomic mass is 10.2. The van der Waals surface area contributed by atoms with E-state index in [0.717, 1.165) is 22.6 Å². The van der Waals surface area contributed by atoms with Gasteiger partial charge in [-0.15, -0.1) is 5.10 Å². The molecule has 0 spiro atoms. The number of amides is 2. The van der Waals surface area contributed by atoms with Crippen molar-refractivity contribution in [1.29, 1.82) is 0 Å². The van der Waals surface area contributed by atoms with E-state index >= 15 is 0 Å². The van der Waals surface area contributed by atoms with Gasteiger partial charge in [-0.1, -0.05) is 34.7 Å². The first-order valence-electron chi connectivity index (χ1n) is 10.5. The topological polar surface area (TPSA) is 129 Å². The van der Waals surface area contributed by atoms with Gasteiger partial charge >= 0.3 is 0 Å². The maximum atomic E-state index is 13.1. The van der Waals surface area contributed by atoms with Crippen molar-refractivity contribution < 1.29 is 9.59 Å². The molecule has 0 saturated heterocycles. The van der Waals surface area contributed by atoms with Crippen LogP contribution in [-0.2, 0) is 5.75 Å². The Morgan fingerprint density at radius 3 is 2.24 bits per heavy atom. The van der Waals surface area contributed by atoms with Gasteiger partial charge in [0.1, 0.15) is 0 Å². The second-order valence-corrected chi connectivity index (χ2v) is 8.69. The van der Waals surface area contributed by atoms with Crippen molar-refractivity contribution in [3.63, 3.8) is 0 Å².